The van der Waals surface area contributed by atoms with Crippen molar-refractivity contribution >= 4 is 0 Å². The molecule has 2 heterocycles. The molecule has 82 valence electrons. The summed E-state index contributed by atoms with van der Waals surface area (Å²) in [5.41, 5.74) is 2.26. The predicted molar refractivity (Wildman–Crippen MR) is 60.2 cm³/mol. The molecule has 2 rings (SSSR count). The predicted octanol–water partition coefficient (Wildman–Crippen LogP) is 1.83. The van der Waals surface area contributed by atoms with Gasteiger partial charge in [-0.1, -0.05) is 0 Å². The molecule has 1 fully saturated rings. The number of pyridine rings is 1. The van der Waals surface area contributed by atoms with Crippen LogP contribution in [-0.4, -0.2) is 24.2 Å². The van der Waals surface area contributed by atoms with Crippen LogP contribution in [-0.2, 0) is 0 Å². The van der Waals surface area contributed by atoms with Gasteiger partial charge >= 0.3 is 0 Å². The fourth-order valence-corrected chi connectivity index (χ4v) is 1.79. The highest BCUT2D eigenvalue weighted by Crippen LogP contribution is 2.15. The SMILES string of the molecule is Cc1cc(OC[C@H]2CCCN2)cnc1C. The van der Waals surface area contributed by atoms with Crippen molar-refractivity contribution in [3.05, 3.63) is 23.5 Å². The largest absolute Gasteiger partial charge is 0.490 e. The van der Waals surface area contributed by atoms with E-state index in [0.29, 0.717) is 6.04 Å². The van der Waals surface area contributed by atoms with Crippen molar-refractivity contribution in [3.8, 4) is 5.75 Å². The quantitative estimate of drug-likeness (QED) is 0.819. The lowest BCUT2D eigenvalue weighted by molar-refractivity contribution is 0.276. The summed E-state index contributed by atoms with van der Waals surface area (Å²) in [6.07, 6.45) is 4.29. The van der Waals surface area contributed by atoms with Crippen LogP contribution in [0.5, 0.6) is 5.75 Å². The van der Waals surface area contributed by atoms with Crippen LogP contribution in [0.3, 0.4) is 0 Å². The van der Waals surface area contributed by atoms with Gasteiger partial charge in [0, 0.05) is 11.7 Å². The lowest BCUT2D eigenvalue weighted by Gasteiger charge is -2.12. The molecule has 0 aromatic carbocycles. The molecule has 1 atom stereocenters. The summed E-state index contributed by atoms with van der Waals surface area (Å²) in [5, 5.41) is 3.41. The topological polar surface area (TPSA) is 34.1 Å². The first-order chi connectivity index (χ1) is 7.25. The molecular weight excluding hydrogens is 188 g/mol. The maximum atomic E-state index is 5.70. The van der Waals surface area contributed by atoms with Crippen molar-refractivity contribution in [1.82, 2.24) is 10.3 Å². The summed E-state index contributed by atoms with van der Waals surface area (Å²) in [6.45, 7) is 5.95. The molecule has 1 aromatic rings. The van der Waals surface area contributed by atoms with Gasteiger partial charge in [0.2, 0.25) is 0 Å². The third kappa shape index (κ3) is 2.69. The van der Waals surface area contributed by atoms with Gasteiger partial charge in [0.15, 0.2) is 0 Å². The van der Waals surface area contributed by atoms with E-state index in [0.717, 1.165) is 24.6 Å². The smallest absolute Gasteiger partial charge is 0.137 e. The average Bonchev–Trinajstić information content (AvgIpc) is 2.73. The number of aryl methyl sites for hydroxylation is 2. The number of ether oxygens (including phenoxy) is 1. The Hall–Kier alpha value is -1.09. The number of aromatic nitrogens is 1. The number of rotatable bonds is 3. The molecular formula is C12H18N2O. The molecule has 0 unspecified atom stereocenters. The van der Waals surface area contributed by atoms with E-state index in [4.69, 9.17) is 4.74 Å². The normalized spacial score (nSPS) is 20.5. The van der Waals surface area contributed by atoms with Gasteiger partial charge in [0.1, 0.15) is 12.4 Å². The standard InChI is InChI=1S/C12H18N2O/c1-9-6-12(7-14-10(9)2)15-8-11-4-3-5-13-11/h6-7,11,13H,3-5,8H2,1-2H3/t11-/m1/s1. The van der Waals surface area contributed by atoms with Crippen molar-refractivity contribution in [1.29, 1.82) is 0 Å². The van der Waals surface area contributed by atoms with Crippen molar-refractivity contribution in [2.45, 2.75) is 32.7 Å². The Morgan fingerprint density at radius 1 is 1.53 bits per heavy atom. The maximum Gasteiger partial charge on any atom is 0.137 e. The second-order valence-corrected chi connectivity index (χ2v) is 4.18. The molecule has 0 amide bonds. The van der Waals surface area contributed by atoms with Gasteiger partial charge < -0.3 is 10.1 Å². The zero-order valence-electron chi connectivity index (χ0n) is 9.42. The highest BCUT2D eigenvalue weighted by Gasteiger charge is 2.14. The van der Waals surface area contributed by atoms with Gasteiger partial charge in [-0.2, -0.15) is 0 Å². The van der Waals surface area contributed by atoms with Gasteiger partial charge in [-0.3, -0.25) is 4.98 Å². The molecule has 1 N–H and O–H groups in total. The zero-order valence-corrected chi connectivity index (χ0v) is 9.42. The summed E-state index contributed by atoms with van der Waals surface area (Å²) in [4.78, 5) is 4.28. The lowest BCUT2D eigenvalue weighted by Crippen LogP contribution is -2.28. The second-order valence-electron chi connectivity index (χ2n) is 4.18. The molecule has 1 saturated heterocycles. The Morgan fingerprint density at radius 2 is 2.40 bits per heavy atom. The Kier molecular flexibility index (Phi) is 3.21. The van der Waals surface area contributed by atoms with Crippen molar-refractivity contribution in [2.75, 3.05) is 13.2 Å². The Bertz CT molecular complexity index is 332. The van der Waals surface area contributed by atoms with Crippen molar-refractivity contribution in [2.24, 2.45) is 0 Å². The molecule has 3 heteroatoms. The molecule has 1 aliphatic heterocycles. The van der Waals surface area contributed by atoms with Gasteiger partial charge in [-0.15, -0.1) is 0 Å². The molecule has 1 aromatic heterocycles. The molecule has 1 aliphatic rings. The monoisotopic (exact) mass is 206 g/mol. The molecule has 0 spiro atoms. The summed E-state index contributed by atoms with van der Waals surface area (Å²) in [7, 11) is 0. The van der Waals surface area contributed by atoms with Crippen LogP contribution in [0.4, 0.5) is 0 Å². The van der Waals surface area contributed by atoms with E-state index in [1.807, 2.05) is 6.92 Å². The second kappa shape index (κ2) is 4.62. The maximum absolute atomic E-state index is 5.70. The molecule has 15 heavy (non-hydrogen) atoms. The molecule has 0 aliphatic carbocycles. The Labute approximate surface area is 90.9 Å². The van der Waals surface area contributed by atoms with E-state index in [-0.39, 0.29) is 0 Å². The fourth-order valence-electron chi connectivity index (χ4n) is 1.79. The molecule has 0 radical (unpaired) electrons. The third-order valence-electron chi connectivity index (χ3n) is 2.93. The average molecular weight is 206 g/mol. The van der Waals surface area contributed by atoms with Crippen molar-refractivity contribution < 1.29 is 4.74 Å². The van der Waals surface area contributed by atoms with Crippen molar-refractivity contribution in [3.63, 3.8) is 0 Å². The summed E-state index contributed by atoms with van der Waals surface area (Å²) < 4.78 is 5.70. The van der Waals surface area contributed by atoms with E-state index in [1.54, 1.807) is 6.20 Å². The highest BCUT2D eigenvalue weighted by atomic mass is 16.5. The number of hydrogen-bond acceptors (Lipinski definition) is 3. The van der Waals surface area contributed by atoms with Crippen LogP contribution < -0.4 is 10.1 Å². The van der Waals surface area contributed by atoms with E-state index in [2.05, 4.69) is 23.3 Å². The minimum Gasteiger partial charge on any atom is -0.490 e. The first kappa shape index (κ1) is 10.4. The van der Waals surface area contributed by atoms with Crippen LogP contribution in [0.15, 0.2) is 12.3 Å². The molecule has 0 saturated carbocycles. The van der Waals surface area contributed by atoms with Gasteiger partial charge in [0.25, 0.3) is 0 Å². The molecule has 0 bridgehead atoms. The fraction of sp³-hybridized carbons (Fsp3) is 0.583. The van der Waals surface area contributed by atoms with E-state index < -0.39 is 0 Å². The Balaban J connectivity index is 1.90. The first-order valence-corrected chi connectivity index (χ1v) is 5.55. The number of nitrogens with one attached hydrogen (secondary N) is 1. The van der Waals surface area contributed by atoms with E-state index in [1.165, 1.54) is 18.4 Å². The van der Waals surface area contributed by atoms with Crippen LogP contribution in [0.2, 0.25) is 0 Å². The van der Waals surface area contributed by atoms with Gasteiger partial charge in [-0.05, 0) is 44.9 Å². The van der Waals surface area contributed by atoms with E-state index in [9.17, 15) is 0 Å². The number of nitrogens with zero attached hydrogens (tertiary/aromatic N) is 1. The summed E-state index contributed by atoms with van der Waals surface area (Å²) in [5.74, 6) is 0.881. The number of hydrogen-bond donors (Lipinski definition) is 1. The van der Waals surface area contributed by atoms with Crippen LogP contribution in [0.25, 0.3) is 0 Å². The molecule has 3 nitrogen and oxygen atoms in total. The minimum atomic E-state index is 0.520. The highest BCUT2D eigenvalue weighted by molar-refractivity contribution is 5.27. The van der Waals surface area contributed by atoms with E-state index >= 15 is 0 Å². The lowest BCUT2D eigenvalue weighted by atomic mass is 10.2. The van der Waals surface area contributed by atoms with Crippen LogP contribution in [0, 0.1) is 13.8 Å². The third-order valence-corrected chi connectivity index (χ3v) is 2.93. The first-order valence-electron chi connectivity index (χ1n) is 5.55. The Morgan fingerprint density at radius 3 is 3.07 bits per heavy atom. The van der Waals surface area contributed by atoms with Gasteiger partial charge in [-0.25, -0.2) is 0 Å². The van der Waals surface area contributed by atoms with Crippen LogP contribution >= 0.6 is 0 Å². The minimum absolute atomic E-state index is 0.520. The van der Waals surface area contributed by atoms with Crippen LogP contribution in [0.1, 0.15) is 24.1 Å². The zero-order chi connectivity index (χ0) is 10.7. The summed E-state index contributed by atoms with van der Waals surface area (Å²) >= 11 is 0. The van der Waals surface area contributed by atoms with Gasteiger partial charge in [0.05, 0.1) is 6.20 Å². The summed E-state index contributed by atoms with van der Waals surface area (Å²) in [6, 6.07) is 2.57.